The number of pyridine rings is 1. The molecule has 5 heteroatoms. The number of nitrogen functional groups attached to an aromatic ring is 2. The molecule has 0 radical (unpaired) electrons. The Labute approximate surface area is 147 Å². The van der Waals surface area contributed by atoms with E-state index >= 15 is 0 Å². The van der Waals surface area contributed by atoms with Crippen LogP contribution in [0.4, 0.5) is 11.5 Å². The molecule has 0 aliphatic rings. The summed E-state index contributed by atoms with van der Waals surface area (Å²) >= 11 is 0. The van der Waals surface area contributed by atoms with E-state index in [0.29, 0.717) is 23.9 Å². The van der Waals surface area contributed by atoms with Crippen molar-refractivity contribution >= 4 is 11.5 Å². The number of nitrogens with zero attached hydrogens (tertiary/aromatic N) is 1. The summed E-state index contributed by atoms with van der Waals surface area (Å²) in [7, 11) is 1.63. The van der Waals surface area contributed by atoms with Crippen LogP contribution < -0.4 is 20.9 Å². The summed E-state index contributed by atoms with van der Waals surface area (Å²) in [5, 5.41) is 0. The number of ether oxygens (including phenoxy) is 2. The number of rotatable bonds is 5. The van der Waals surface area contributed by atoms with E-state index in [9.17, 15) is 0 Å². The second kappa shape index (κ2) is 7.13. The van der Waals surface area contributed by atoms with E-state index in [4.69, 9.17) is 20.9 Å². The van der Waals surface area contributed by atoms with Crippen molar-refractivity contribution in [2.24, 2.45) is 0 Å². The van der Waals surface area contributed by atoms with E-state index in [1.54, 1.807) is 13.2 Å². The maximum Gasteiger partial charge on any atom is 0.147 e. The van der Waals surface area contributed by atoms with Crippen molar-refractivity contribution in [1.29, 1.82) is 0 Å². The quantitative estimate of drug-likeness (QED) is 0.741. The molecule has 3 aromatic rings. The molecule has 1 heterocycles. The molecule has 0 spiro atoms. The van der Waals surface area contributed by atoms with Crippen LogP contribution in [0.25, 0.3) is 11.3 Å². The van der Waals surface area contributed by atoms with Gasteiger partial charge in [0, 0.05) is 11.6 Å². The first kappa shape index (κ1) is 16.6. The number of nitrogens with two attached hydrogens (primary N) is 2. The Balaban J connectivity index is 2.02. The van der Waals surface area contributed by atoms with E-state index in [0.717, 1.165) is 28.1 Å². The summed E-state index contributed by atoms with van der Waals surface area (Å²) in [5.41, 5.74) is 15.8. The molecule has 1 aromatic heterocycles. The fraction of sp³-hybridized carbons (Fsp3) is 0.150. The first-order chi connectivity index (χ1) is 12.1. The van der Waals surface area contributed by atoms with Gasteiger partial charge in [-0.05, 0) is 36.2 Å². The van der Waals surface area contributed by atoms with Gasteiger partial charge >= 0.3 is 0 Å². The standard InChI is InChI=1S/C20H21N3O2/c1-13-10-15(24-2)11-18(25-12-14-6-4-3-5-7-14)19(13)17-9-8-16(21)20(22)23-17/h3-11H,12,21H2,1-2H3,(H2,22,23). The highest BCUT2D eigenvalue weighted by Crippen LogP contribution is 2.37. The SMILES string of the molecule is COc1cc(C)c(-c2ccc(N)c(N)n2)c(OCc2ccccc2)c1. The third-order valence-electron chi connectivity index (χ3n) is 3.96. The maximum atomic E-state index is 6.08. The second-order valence-electron chi connectivity index (χ2n) is 5.76. The summed E-state index contributed by atoms with van der Waals surface area (Å²) in [5.74, 6) is 1.73. The molecule has 5 nitrogen and oxygen atoms in total. The van der Waals surface area contributed by atoms with Gasteiger partial charge in [-0.25, -0.2) is 4.98 Å². The minimum Gasteiger partial charge on any atom is -0.497 e. The van der Waals surface area contributed by atoms with E-state index in [2.05, 4.69) is 4.98 Å². The lowest BCUT2D eigenvalue weighted by Crippen LogP contribution is -2.02. The average Bonchev–Trinajstić information content (AvgIpc) is 2.63. The molecule has 0 saturated carbocycles. The van der Waals surface area contributed by atoms with Crippen LogP contribution in [-0.2, 0) is 6.61 Å². The Morgan fingerprint density at radius 1 is 1.00 bits per heavy atom. The van der Waals surface area contributed by atoms with E-state index in [1.807, 2.05) is 55.5 Å². The van der Waals surface area contributed by atoms with E-state index in [-0.39, 0.29) is 0 Å². The number of aryl methyl sites for hydroxylation is 1. The topological polar surface area (TPSA) is 83.4 Å². The zero-order valence-electron chi connectivity index (χ0n) is 14.3. The lowest BCUT2D eigenvalue weighted by molar-refractivity contribution is 0.304. The number of hydrogen-bond donors (Lipinski definition) is 2. The van der Waals surface area contributed by atoms with Crippen molar-refractivity contribution in [3.8, 4) is 22.8 Å². The Morgan fingerprint density at radius 2 is 1.76 bits per heavy atom. The Bertz CT molecular complexity index is 880. The molecule has 0 fully saturated rings. The number of methoxy groups -OCH3 is 1. The van der Waals surface area contributed by atoms with Gasteiger partial charge in [0.1, 0.15) is 23.9 Å². The highest BCUT2D eigenvalue weighted by Gasteiger charge is 2.15. The van der Waals surface area contributed by atoms with Gasteiger partial charge in [0.05, 0.1) is 18.5 Å². The fourth-order valence-corrected chi connectivity index (χ4v) is 2.64. The molecule has 2 aromatic carbocycles. The number of benzene rings is 2. The van der Waals surface area contributed by atoms with Crippen LogP contribution in [0.5, 0.6) is 11.5 Å². The van der Waals surface area contributed by atoms with Crippen LogP contribution in [0.15, 0.2) is 54.6 Å². The van der Waals surface area contributed by atoms with Gasteiger partial charge in [-0.15, -0.1) is 0 Å². The zero-order chi connectivity index (χ0) is 17.8. The molecule has 0 bridgehead atoms. The number of aromatic nitrogens is 1. The van der Waals surface area contributed by atoms with Crippen LogP contribution in [0.3, 0.4) is 0 Å². The van der Waals surface area contributed by atoms with Crippen molar-refractivity contribution in [2.45, 2.75) is 13.5 Å². The molecular weight excluding hydrogens is 314 g/mol. The molecule has 0 amide bonds. The third-order valence-corrected chi connectivity index (χ3v) is 3.96. The molecule has 0 aliphatic heterocycles. The van der Waals surface area contributed by atoms with Crippen molar-refractivity contribution in [3.63, 3.8) is 0 Å². The predicted octanol–water partition coefficient (Wildman–Crippen LogP) is 3.81. The second-order valence-corrected chi connectivity index (χ2v) is 5.76. The summed E-state index contributed by atoms with van der Waals surface area (Å²) in [6, 6.07) is 17.4. The minimum absolute atomic E-state index is 0.307. The molecule has 0 saturated heterocycles. The Hall–Kier alpha value is -3.21. The van der Waals surface area contributed by atoms with Crippen LogP contribution in [0, 0.1) is 6.92 Å². The van der Waals surface area contributed by atoms with Gasteiger partial charge in [-0.3, -0.25) is 0 Å². The molecule has 0 unspecified atom stereocenters. The molecule has 4 N–H and O–H groups in total. The molecule has 25 heavy (non-hydrogen) atoms. The highest BCUT2D eigenvalue weighted by molar-refractivity contribution is 5.75. The van der Waals surface area contributed by atoms with E-state index in [1.165, 1.54) is 0 Å². The van der Waals surface area contributed by atoms with Crippen LogP contribution >= 0.6 is 0 Å². The van der Waals surface area contributed by atoms with Gasteiger partial charge in [0.15, 0.2) is 0 Å². The monoisotopic (exact) mass is 335 g/mol. The predicted molar refractivity (Wildman–Crippen MR) is 101 cm³/mol. The largest absolute Gasteiger partial charge is 0.497 e. The molecule has 0 aliphatic carbocycles. The first-order valence-electron chi connectivity index (χ1n) is 7.96. The lowest BCUT2D eigenvalue weighted by atomic mass is 10.0. The van der Waals surface area contributed by atoms with Crippen molar-refractivity contribution in [3.05, 3.63) is 65.7 Å². The Kier molecular flexibility index (Phi) is 4.75. The summed E-state index contributed by atoms with van der Waals surface area (Å²) < 4.78 is 11.5. The van der Waals surface area contributed by atoms with Gasteiger partial charge in [-0.1, -0.05) is 30.3 Å². The van der Waals surface area contributed by atoms with Gasteiger partial charge < -0.3 is 20.9 Å². The maximum absolute atomic E-state index is 6.08. The molecule has 128 valence electrons. The number of anilines is 2. The van der Waals surface area contributed by atoms with Gasteiger partial charge in [0.2, 0.25) is 0 Å². The minimum atomic E-state index is 0.307. The van der Waals surface area contributed by atoms with E-state index < -0.39 is 0 Å². The molecular formula is C20H21N3O2. The van der Waals surface area contributed by atoms with Gasteiger partial charge in [0.25, 0.3) is 0 Å². The number of hydrogen-bond acceptors (Lipinski definition) is 5. The zero-order valence-corrected chi connectivity index (χ0v) is 14.3. The summed E-state index contributed by atoms with van der Waals surface area (Å²) in [6.45, 7) is 2.44. The third kappa shape index (κ3) is 3.66. The highest BCUT2D eigenvalue weighted by atomic mass is 16.5. The summed E-state index contributed by atoms with van der Waals surface area (Å²) in [6.07, 6.45) is 0. The van der Waals surface area contributed by atoms with Crippen molar-refractivity contribution in [1.82, 2.24) is 4.98 Å². The first-order valence-corrected chi connectivity index (χ1v) is 7.96. The molecule has 3 rings (SSSR count). The van der Waals surface area contributed by atoms with Crippen LogP contribution in [0.1, 0.15) is 11.1 Å². The fourth-order valence-electron chi connectivity index (χ4n) is 2.64. The average molecular weight is 335 g/mol. The van der Waals surface area contributed by atoms with Crippen molar-refractivity contribution in [2.75, 3.05) is 18.6 Å². The van der Waals surface area contributed by atoms with Gasteiger partial charge in [-0.2, -0.15) is 0 Å². The van der Waals surface area contributed by atoms with Crippen molar-refractivity contribution < 1.29 is 9.47 Å². The summed E-state index contributed by atoms with van der Waals surface area (Å²) in [4.78, 5) is 4.41. The van der Waals surface area contributed by atoms with Crippen LogP contribution in [-0.4, -0.2) is 12.1 Å². The smallest absolute Gasteiger partial charge is 0.147 e. The molecule has 0 atom stereocenters. The normalized spacial score (nSPS) is 10.5. The Morgan fingerprint density at radius 3 is 2.44 bits per heavy atom. The lowest BCUT2D eigenvalue weighted by Gasteiger charge is -2.16. The van der Waals surface area contributed by atoms with Crippen LogP contribution in [0.2, 0.25) is 0 Å².